The Morgan fingerprint density at radius 3 is 2.53 bits per heavy atom. The van der Waals surface area contributed by atoms with Gasteiger partial charge in [-0.1, -0.05) is 37.6 Å². The largest absolute Gasteiger partial charge is 0.446 e. The Morgan fingerprint density at radius 2 is 1.85 bits per heavy atom. The standard InChI is InChI=1S/C37H44ClN5O4/c1-23(2)37(14-15-37)47-35(44)41-34(31-21-39-22-42(31)3)30-19-25-7-6-16-40-33(25)32(28-11-10-26(38)20-29(28)30)24-12-17-43(18-13-24)36(45)46-27-8-4-5-9-27/h6-7,10-11,16,19-24,27,32,34H,4-5,8-9,12-15,17-18H2,1-3H3,(H,41,44). The van der Waals surface area contributed by atoms with E-state index in [0.717, 1.165) is 85.0 Å². The molecule has 47 heavy (non-hydrogen) atoms. The molecule has 3 aromatic rings. The number of ether oxygens (including phenoxy) is 2. The number of alkyl carbamates (subject to hydrolysis) is 1. The van der Waals surface area contributed by atoms with E-state index in [1.54, 1.807) is 12.5 Å². The molecule has 1 aliphatic heterocycles. The number of imidazole rings is 1. The van der Waals surface area contributed by atoms with Crippen molar-refractivity contribution < 1.29 is 19.1 Å². The number of piperidine rings is 1. The van der Waals surface area contributed by atoms with Crippen LogP contribution in [-0.2, 0) is 16.5 Å². The predicted molar refractivity (Wildman–Crippen MR) is 181 cm³/mol. The van der Waals surface area contributed by atoms with E-state index in [9.17, 15) is 9.59 Å². The van der Waals surface area contributed by atoms with Gasteiger partial charge in [0.25, 0.3) is 0 Å². The second kappa shape index (κ2) is 13.0. The summed E-state index contributed by atoms with van der Waals surface area (Å²) in [5.74, 6) is 0.436. The molecule has 1 N–H and O–H groups in total. The van der Waals surface area contributed by atoms with Gasteiger partial charge in [0.2, 0.25) is 0 Å². The molecule has 3 heterocycles. The molecule has 3 fully saturated rings. The molecule has 7 rings (SSSR count). The number of hydrogen-bond acceptors (Lipinski definition) is 6. The van der Waals surface area contributed by atoms with Crippen LogP contribution in [0.1, 0.15) is 105 Å². The van der Waals surface area contributed by atoms with Crippen molar-refractivity contribution in [1.82, 2.24) is 24.8 Å². The maximum Gasteiger partial charge on any atom is 0.410 e. The Hall–Kier alpha value is -3.85. The molecule has 0 radical (unpaired) electrons. The zero-order valence-electron chi connectivity index (χ0n) is 27.5. The van der Waals surface area contributed by atoms with Crippen molar-refractivity contribution in [3.63, 3.8) is 0 Å². The van der Waals surface area contributed by atoms with E-state index >= 15 is 0 Å². The third-order valence-corrected chi connectivity index (χ3v) is 11.0. The van der Waals surface area contributed by atoms with Gasteiger partial charge in [0.05, 0.1) is 30.0 Å². The number of amides is 2. The second-order valence-electron chi connectivity index (χ2n) is 14.0. The summed E-state index contributed by atoms with van der Waals surface area (Å²) >= 11 is 6.73. The van der Waals surface area contributed by atoms with Crippen molar-refractivity contribution in [3.8, 4) is 0 Å². The van der Waals surface area contributed by atoms with Gasteiger partial charge in [-0.3, -0.25) is 4.98 Å². The highest BCUT2D eigenvalue weighted by molar-refractivity contribution is 6.30. The molecule has 248 valence electrons. The van der Waals surface area contributed by atoms with Gasteiger partial charge in [-0.05, 0) is 110 Å². The van der Waals surface area contributed by atoms with Crippen molar-refractivity contribution in [2.24, 2.45) is 18.9 Å². The van der Waals surface area contributed by atoms with Crippen molar-refractivity contribution in [2.75, 3.05) is 13.1 Å². The third kappa shape index (κ3) is 6.39. The SMILES string of the molecule is CC(C)C1(OC(=O)NC(C2=Cc3cccnc3C(C3CCN(C(=O)OC4CCCC4)CC3)c3ccc(Cl)cc32)c2cncn2C)CC1. The number of aromatic nitrogens is 3. The topological polar surface area (TPSA) is 98.6 Å². The van der Waals surface area contributed by atoms with Crippen molar-refractivity contribution >= 4 is 35.4 Å². The molecule has 9 nitrogen and oxygen atoms in total. The van der Waals surface area contributed by atoms with E-state index in [1.165, 1.54) is 0 Å². The van der Waals surface area contributed by atoms with Crippen molar-refractivity contribution in [3.05, 3.63) is 82.2 Å². The molecule has 10 heteroatoms. The lowest BCUT2D eigenvalue weighted by Gasteiger charge is -2.36. The molecule has 2 atom stereocenters. The maximum absolute atomic E-state index is 13.6. The molecule has 1 saturated heterocycles. The number of nitrogens with one attached hydrogen (secondary N) is 1. The van der Waals surface area contributed by atoms with Gasteiger partial charge in [-0.25, -0.2) is 14.6 Å². The van der Waals surface area contributed by atoms with Gasteiger partial charge >= 0.3 is 12.2 Å². The Labute approximate surface area is 281 Å². The quantitative estimate of drug-likeness (QED) is 0.277. The molecule has 2 saturated carbocycles. The van der Waals surface area contributed by atoms with E-state index in [1.807, 2.05) is 40.9 Å². The van der Waals surface area contributed by atoms with Gasteiger partial charge < -0.3 is 24.3 Å². The number of pyridine rings is 1. The van der Waals surface area contributed by atoms with Crippen LogP contribution in [0.4, 0.5) is 9.59 Å². The van der Waals surface area contributed by atoms with Crippen LogP contribution >= 0.6 is 11.6 Å². The Kier molecular flexibility index (Phi) is 8.76. The summed E-state index contributed by atoms with van der Waals surface area (Å²) < 4.78 is 13.9. The Bertz CT molecular complexity index is 1670. The number of nitrogens with zero attached hydrogens (tertiary/aromatic N) is 4. The van der Waals surface area contributed by atoms with E-state index in [-0.39, 0.29) is 30.0 Å². The summed E-state index contributed by atoms with van der Waals surface area (Å²) in [6, 6.07) is 9.53. The number of likely N-dealkylation sites (tertiary alicyclic amines) is 1. The monoisotopic (exact) mass is 657 g/mol. The minimum atomic E-state index is -0.561. The fourth-order valence-electron chi connectivity index (χ4n) is 7.82. The molecular weight excluding hydrogens is 614 g/mol. The molecule has 0 spiro atoms. The molecule has 2 amide bonds. The number of rotatable bonds is 7. The van der Waals surface area contributed by atoms with Crippen LogP contribution in [0.25, 0.3) is 11.6 Å². The van der Waals surface area contributed by atoms with Gasteiger partial charge in [-0.15, -0.1) is 0 Å². The fourth-order valence-corrected chi connectivity index (χ4v) is 7.99. The number of halogens is 1. The minimum Gasteiger partial charge on any atom is -0.446 e. The van der Waals surface area contributed by atoms with Crippen LogP contribution in [-0.4, -0.2) is 56.4 Å². The molecule has 0 bridgehead atoms. The lowest BCUT2D eigenvalue weighted by atomic mass is 9.75. The minimum absolute atomic E-state index is 0.0324. The van der Waals surface area contributed by atoms with E-state index < -0.39 is 17.7 Å². The third-order valence-electron chi connectivity index (χ3n) is 10.8. The predicted octanol–water partition coefficient (Wildman–Crippen LogP) is 7.90. The summed E-state index contributed by atoms with van der Waals surface area (Å²) in [7, 11) is 1.93. The summed E-state index contributed by atoms with van der Waals surface area (Å²) in [5, 5.41) is 3.84. The van der Waals surface area contributed by atoms with Crippen LogP contribution in [0.2, 0.25) is 5.02 Å². The zero-order valence-corrected chi connectivity index (χ0v) is 28.2. The lowest BCUT2D eigenvalue weighted by Crippen LogP contribution is -2.41. The number of benzene rings is 1. The number of aryl methyl sites for hydroxylation is 1. The summed E-state index contributed by atoms with van der Waals surface area (Å²) in [5.41, 5.74) is 5.35. The maximum atomic E-state index is 13.6. The zero-order chi connectivity index (χ0) is 32.7. The molecule has 2 unspecified atom stereocenters. The van der Waals surface area contributed by atoms with Gasteiger partial charge in [0.1, 0.15) is 11.7 Å². The molecule has 3 aliphatic carbocycles. The average Bonchev–Trinajstić information content (AvgIpc) is 3.48. The van der Waals surface area contributed by atoms with Crippen molar-refractivity contribution in [1.29, 1.82) is 0 Å². The first-order valence-electron chi connectivity index (χ1n) is 17.1. The van der Waals surface area contributed by atoms with E-state index in [2.05, 4.69) is 42.4 Å². The Balaban J connectivity index is 1.23. The highest BCUT2D eigenvalue weighted by Gasteiger charge is 2.50. The summed E-state index contributed by atoms with van der Waals surface area (Å²) in [6.07, 6.45) is 14.5. The fraction of sp³-hybridized carbons (Fsp3) is 0.514. The smallest absolute Gasteiger partial charge is 0.410 e. The average molecular weight is 658 g/mol. The van der Waals surface area contributed by atoms with E-state index in [4.69, 9.17) is 26.1 Å². The summed E-state index contributed by atoms with van der Waals surface area (Å²) in [4.78, 5) is 37.9. The van der Waals surface area contributed by atoms with Crippen LogP contribution < -0.4 is 5.32 Å². The Morgan fingerprint density at radius 1 is 1.09 bits per heavy atom. The van der Waals surface area contributed by atoms with Crippen LogP contribution in [0, 0.1) is 11.8 Å². The summed E-state index contributed by atoms with van der Waals surface area (Å²) in [6.45, 7) is 5.47. The van der Waals surface area contributed by atoms with Crippen LogP contribution in [0.15, 0.2) is 49.1 Å². The first kappa shape index (κ1) is 31.7. The first-order chi connectivity index (χ1) is 22.7. The highest BCUT2D eigenvalue weighted by atomic mass is 35.5. The molecule has 1 aromatic carbocycles. The molecular formula is C37H44ClN5O4. The highest BCUT2D eigenvalue weighted by Crippen LogP contribution is 2.49. The number of hydrogen-bond donors (Lipinski definition) is 1. The molecule has 2 aromatic heterocycles. The van der Waals surface area contributed by atoms with Crippen LogP contribution in [0.5, 0.6) is 0 Å². The second-order valence-corrected chi connectivity index (χ2v) is 14.5. The van der Waals surface area contributed by atoms with Crippen molar-refractivity contribution in [2.45, 2.75) is 88.9 Å². The molecule has 4 aliphatic rings. The number of carbonyl (C=O) groups is 2. The van der Waals surface area contributed by atoms with E-state index in [0.29, 0.717) is 18.1 Å². The van der Waals surface area contributed by atoms with Crippen LogP contribution in [0.3, 0.4) is 0 Å². The normalized spacial score (nSPS) is 21.3. The van der Waals surface area contributed by atoms with Gasteiger partial charge in [0, 0.05) is 37.3 Å². The number of fused-ring (bicyclic) bond motifs is 2. The van der Waals surface area contributed by atoms with Gasteiger partial charge in [-0.2, -0.15) is 0 Å². The van der Waals surface area contributed by atoms with Gasteiger partial charge in [0.15, 0.2) is 0 Å². The number of carbonyl (C=O) groups excluding carboxylic acids is 2. The lowest BCUT2D eigenvalue weighted by molar-refractivity contribution is 0.0518. The first-order valence-corrected chi connectivity index (χ1v) is 17.5.